The second-order valence-corrected chi connectivity index (χ2v) is 10.5. The van der Waals surface area contributed by atoms with E-state index in [1.54, 1.807) is 0 Å². The largest absolute Gasteiger partial charge is 0.356 e. The zero-order valence-corrected chi connectivity index (χ0v) is 24.9. The Balaban J connectivity index is 0.00000228. The molecule has 3 saturated heterocycles. The standard InChI is InChI=1S/C26H45N7O.3ClH/c1-20(2)33-19-7-8-22(23(33)11-15-28-25(34)21-9-13-27-14-10-21)30-26-29-16-12-24(31-26)32-17-5-3-4-6-18-32;;;/h12,16,20-23,27H,3-11,13-15,17-19H2,1-2H3,(H,28,34)(H,29,30,31);3*1H. The first-order valence-corrected chi connectivity index (χ1v) is 13.7. The molecule has 0 aliphatic carbocycles. The van der Waals surface area contributed by atoms with Crippen molar-refractivity contribution in [2.45, 2.75) is 89.8 Å². The molecule has 3 aliphatic rings. The minimum absolute atomic E-state index is 0. The topological polar surface area (TPSA) is 85.4 Å². The lowest BCUT2D eigenvalue weighted by Crippen LogP contribution is -2.55. The third-order valence-electron chi connectivity index (χ3n) is 7.82. The quantitative estimate of drug-likeness (QED) is 0.423. The van der Waals surface area contributed by atoms with Crippen molar-refractivity contribution in [1.82, 2.24) is 25.5 Å². The van der Waals surface area contributed by atoms with E-state index in [1.165, 1.54) is 32.1 Å². The molecule has 0 spiro atoms. The first kappa shape index (κ1) is 34.0. The van der Waals surface area contributed by atoms with Gasteiger partial charge < -0.3 is 20.9 Å². The number of aromatic nitrogens is 2. The number of nitrogens with zero attached hydrogens (tertiary/aromatic N) is 4. The summed E-state index contributed by atoms with van der Waals surface area (Å²) >= 11 is 0. The molecule has 2 atom stereocenters. The Morgan fingerprint density at radius 2 is 1.73 bits per heavy atom. The summed E-state index contributed by atoms with van der Waals surface area (Å²) in [7, 11) is 0. The number of hydrogen-bond acceptors (Lipinski definition) is 7. The molecule has 4 heterocycles. The maximum Gasteiger partial charge on any atom is 0.224 e. The van der Waals surface area contributed by atoms with Crippen molar-refractivity contribution in [2.75, 3.05) is 49.5 Å². The van der Waals surface area contributed by atoms with Crippen molar-refractivity contribution in [3.63, 3.8) is 0 Å². The van der Waals surface area contributed by atoms with Crippen LogP contribution < -0.4 is 20.9 Å². The van der Waals surface area contributed by atoms with Crippen molar-refractivity contribution < 1.29 is 4.79 Å². The Hall–Kier alpha value is -1.06. The van der Waals surface area contributed by atoms with Crippen molar-refractivity contribution in [1.29, 1.82) is 0 Å². The van der Waals surface area contributed by atoms with Crippen LogP contribution >= 0.6 is 37.2 Å². The number of nitrogens with one attached hydrogen (secondary N) is 3. The van der Waals surface area contributed by atoms with Crippen molar-refractivity contribution in [3.05, 3.63) is 12.3 Å². The molecule has 11 heteroatoms. The molecule has 2 unspecified atom stereocenters. The summed E-state index contributed by atoms with van der Waals surface area (Å²) < 4.78 is 0. The number of likely N-dealkylation sites (tertiary alicyclic amines) is 1. The molecule has 0 aromatic carbocycles. The highest BCUT2D eigenvalue weighted by atomic mass is 35.5. The summed E-state index contributed by atoms with van der Waals surface area (Å²) in [6.07, 6.45) is 12.1. The summed E-state index contributed by atoms with van der Waals surface area (Å²) in [6.45, 7) is 10.5. The summed E-state index contributed by atoms with van der Waals surface area (Å²) in [5.74, 6) is 2.17. The minimum Gasteiger partial charge on any atom is -0.356 e. The zero-order valence-electron chi connectivity index (χ0n) is 22.5. The van der Waals surface area contributed by atoms with Crippen LogP contribution in [0.15, 0.2) is 12.3 Å². The van der Waals surface area contributed by atoms with Crippen LogP contribution in [0.1, 0.15) is 71.6 Å². The Kier molecular flexibility index (Phi) is 16.1. The molecule has 0 radical (unpaired) electrons. The van der Waals surface area contributed by atoms with Gasteiger partial charge in [-0.1, -0.05) is 12.8 Å². The summed E-state index contributed by atoms with van der Waals surface area (Å²) in [5, 5.41) is 10.3. The lowest BCUT2D eigenvalue weighted by molar-refractivity contribution is -0.125. The van der Waals surface area contributed by atoms with Gasteiger partial charge >= 0.3 is 0 Å². The number of piperidine rings is 2. The molecule has 3 aliphatic heterocycles. The van der Waals surface area contributed by atoms with Gasteiger partial charge in [-0.2, -0.15) is 4.98 Å². The lowest BCUT2D eigenvalue weighted by Gasteiger charge is -2.44. The number of hydrogen-bond donors (Lipinski definition) is 3. The predicted octanol–water partition coefficient (Wildman–Crippen LogP) is 4.28. The molecule has 4 rings (SSSR count). The second kappa shape index (κ2) is 17.5. The molecular formula is C26H48Cl3N7O. The number of carbonyl (C=O) groups excluding carboxylic acids is 1. The van der Waals surface area contributed by atoms with Crippen LogP contribution in [0.4, 0.5) is 11.8 Å². The van der Waals surface area contributed by atoms with Gasteiger partial charge in [0.15, 0.2) is 0 Å². The average Bonchev–Trinajstić information content (AvgIpc) is 3.15. The molecular weight excluding hydrogens is 533 g/mol. The van der Waals surface area contributed by atoms with Crippen LogP contribution in [0.5, 0.6) is 0 Å². The molecule has 1 aromatic heterocycles. The molecule has 0 saturated carbocycles. The SMILES string of the molecule is CC(C)N1CCCC(Nc2nccc(N3CCCCCC3)n2)C1CCNC(=O)C1CCNCC1.Cl.Cl.Cl. The molecule has 8 nitrogen and oxygen atoms in total. The smallest absolute Gasteiger partial charge is 0.224 e. The van der Waals surface area contributed by atoms with Gasteiger partial charge in [0.2, 0.25) is 11.9 Å². The fraction of sp³-hybridized carbons (Fsp3) is 0.808. The molecule has 214 valence electrons. The van der Waals surface area contributed by atoms with E-state index in [4.69, 9.17) is 4.98 Å². The van der Waals surface area contributed by atoms with Crippen LogP contribution in [-0.2, 0) is 4.79 Å². The number of carbonyl (C=O) groups is 1. The third-order valence-corrected chi connectivity index (χ3v) is 7.82. The van der Waals surface area contributed by atoms with E-state index in [-0.39, 0.29) is 55.1 Å². The normalized spacial score (nSPS) is 23.2. The van der Waals surface area contributed by atoms with Crippen LogP contribution in [0.3, 0.4) is 0 Å². The van der Waals surface area contributed by atoms with Gasteiger partial charge in [0, 0.05) is 49.9 Å². The molecule has 37 heavy (non-hydrogen) atoms. The highest BCUT2D eigenvalue weighted by Crippen LogP contribution is 2.26. The van der Waals surface area contributed by atoms with E-state index < -0.39 is 0 Å². The third kappa shape index (κ3) is 9.88. The number of anilines is 2. The Morgan fingerprint density at radius 1 is 1.03 bits per heavy atom. The Morgan fingerprint density at radius 3 is 2.41 bits per heavy atom. The minimum atomic E-state index is 0. The number of halogens is 3. The van der Waals surface area contributed by atoms with Crippen LogP contribution in [0, 0.1) is 5.92 Å². The molecule has 1 amide bonds. The average molecular weight is 581 g/mol. The Bertz CT molecular complexity index is 774. The lowest BCUT2D eigenvalue weighted by atomic mass is 9.92. The van der Waals surface area contributed by atoms with E-state index in [2.05, 4.69) is 44.6 Å². The second-order valence-electron chi connectivity index (χ2n) is 10.5. The summed E-state index contributed by atoms with van der Waals surface area (Å²) in [6, 6.07) is 3.16. The van der Waals surface area contributed by atoms with E-state index in [0.717, 1.165) is 76.7 Å². The maximum atomic E-state index is 12.6. The zero-order chi connectivity index (χ0) is 23.8. The molecule has 1 aromatic rings. The van der Waals surface area contributed by atoms with Gasteiger partial charge in [-0.15, -0.1) is 37.2 Å². The van der Waals surface area contributed by atoms with Gasteiger partial charge in [0.05, 0.1) is 0 Å². The van der Waals surface area contributed by atoms with Gasteiger partial charge in [-0.25, -0.2) is 4.98 Å². The summed E-state index contributed by atoms with van der Waals surface area (Å²) in [4.78, 5) is 27.2. The van der Waals surface area contributed by atoms with Crippen LogP contribution in [-0.4, -0.2) is 78.2 Å². The predicted molar refractivity (Wildman–Crippen MR) is 160 cm³/mol. The van der Waals surface area contributed by atoms with E-state index in [0.29, 0.717) is 12.1 Å². The van der Waals surface area contributed by atoms with Gasteiger partial charge in [-0.05, 0) is 84.5 Å². The molecule has 3 N–H and O–H groups in total. The van der Waals surface area contributed by atoms with Crippen molar-refractivity contribution in [3.8, 4) is 0 Å². The molecule has 3 fully saturated rings. The monoisotopic (exact) mass is 579 g/mol. The number of rotatable bonds is 8. The summed E-state index contributed by atoms with van der Waals surface area (Å²) in [5.41, 5.74) is 0. The van der Waals surface area contributed by atoms with Crippen LogP contribution in [0.2, 0.25) is 0 Å². The van der Waals surface area contributed by atoms with Gasteiger partial charge in [0.1, 0.15) is 5.82 Å². The van der Waals surface area contributed by atoms with E-state index in [9.17, 15) is 4.79 Å². The number of amides is 1. The van der Waals surface area contributed by atoms with E-state index in [1.807, 2.05) is 12.3 Å². The fourth-order valence-corrected chi connectivity index (χ4v) is 5.89. The first-order valence-electron chi connectivity index (χ1n) is 13.7. The van der Waals surface area contributed by atoms with Crippen molar-refractivity contribution in [2.24, 2.45) is 5.92 Å². The van der Waals surface area contributed by atoms with Crippen LogP contribution in [0.25, 0.3) is 0 Å². The first-order chi connectivity index (χ1) is 16.6. The van der Waals surface area contributed by atoms with E-state index >= 15 is 0 Å². The molecule has 0 bridgehead atoms. The van der Waals surface area contributed by atoms with Crippen molar-refractivity contribution >= 4 is 54.9 Å². The maximum absolute atomic E-state index is 12.6. The highest BCUT2D eigenvalue weighted by molar-refractivity contribution is 5.86. The van der Waals surface area contributed by atoms with Gasteiger partial charge in [0.25, 0.3) is 0 Å². The van der Waals surface area contributed by atoms with Gasteiger partial charge in [-0.3, -0.25) is 9.69 Å². The highest BCUT2D eigenvalue weighted by Gasteiger charge is 2.33. The Labute approximate surface area is 242 Å². The fourth-order valence-electron chi connectivity index (χ4n) is 5.89.